The molecule has 0 saturated heterocycles. The average Bonchev–Trinajstić information content (AvgIpc) is 3.14. The van der Waals surface area contributed by atoms with Crippen molar-refractivity contribution in [1.29, 1.82) is 5.26 Å². The monoisotopic (exact) mass is 328 g/mol. The third kappa shape index (κ3) is 5.50. The van der Waals surface area contributed by atoms with Crippen LogP contribution in [0, 0.1) is 11.3 Å². The van der Waals surface area contributed by atoms with Crippen molar-refractivity contribution in [2.75, 3.05) is 19.8 Å². The Balaban J connectivity index is 1.56. The lowest BCUT2D eigenvalue weighted by Crippen LogP contribution is -2.26. The van der Waals surface area contributed by atoms with Crippen LogP contribution in [0.5, 0.6) is 5.75 Å². The van der Waals surface area contributed by atoms with Gasteiger partial charge in [0.15, 0.2) is 5.76 Å². The summed E-state index contributed by atoms with van der Waals surface area (Å²) in [5, 5.41) is 11.2. The Bertz CT molecular complexity index is 702. The van der Waals surface area contributed by atoms with E-state index in [1.807, 2.05) is 6.07 Å². The molecule has 0 aliphatic carbocycles. The van der Waals surface area contributed by atoms with E-state index in [2.05, 4.69) is 5.32 Å². The number of ether oxygens (including phenoxy) is 2. The fourth-order valence-corrected chi connectivity index (χ4v) is 1.79. The summed E-state index contributed by atoms with van der Waals surface area (Å²) in [6.45, 7) is 0.468. The molecule has 1 aromatic heterocycles. The average molecular weight is 328 g/mol. The summed E-state index contributed by atoms with van der Waals surface area (Å²) < 4.78 is 15.3. The Morgan fingerprint density at radius 2 is 1.96 bits per heavy atom. The van der Waals surface area contributed by atoms with Gasteiger partial charge >= 0.3 is 5.97 Å². The molecule has 1 amide bonds. The molecule has 0 radical (unpaired) electrons. The number of hydrogen-bond donors (Lipinski definition) is 1. The largest absolute Gasteiger partial charge is 0.490 e. The van der Waals surface area contributed by atoms with Gasteiger partial charge in [-0.25, -0.2) is 0 Å². The third-order valence-corrected chi connectivity index (χ3v) is 2.96. The number of hydrogen-bond acceptors (Lipinski definition) is 6. The Morgan fingerprint density at radius 1 is 1.17 bits per heavy atom. The van der Waals surface area contributed by atoms with Crippen LogP contribution in [-0.4, -0.2) is 31.6 Å². The van der Waals surface area contributed by atoms with E-state index in [0.717, 1.165) is 0 Å². The first-order valence-electron chi connectivity index (χ1n) is 7.29. The molecule has 0 spiro atoms. The smallest absolute Gasteiger partial charge is 0.307 e. The van der Waals surface area contributed by atoms with E-state index >= 15 is 0 Å². The summed E-state index contributed by atoms with van der Waals surface area (Å²) in [6.07, 6.45) is 1.46. The SMILES string of the molecule is N#Cc1ccc(OCCOC(=O)CCNC(=O)c2ccco2)cc1. The molecule has 1 heterocycles. The highest BCUT2D eigenvalue weighted by Gasteiger charge is 2.09. The number of amides is 1. The zero-order valence-electron chi connectivity index (χ0n) is 12.9. The Morgan fingerprint density at radius 3 is 2.62 bits per heavy atom. The predicted octanol–water partition coefficient (Wildman–Crippen LogP) is 1.89. The second-order valence-corrected chi connectivity index (χ2v) is 4.69. The van der Waals surface area contributed by atoms with Crippen LogP contribution < -0.4 is 10.1 Å². The number of rotatable bonds is 8. The van der Waals surface area contributed by atoms with Gasteiger partial charge < -0.3 is 19.2 Å². The van der Waals surface area contributed by atoms with Crippen molar-refractivity contribution in [2.45, 2.75) is 6.42 Å². The molecular weight excluding hydrogens is 312 g/mol. The van der Waals surface area contributed by atoms with Crippen LogP contribution in [0.25, 0.3) is 0 Å². The van der Waals surface area contributed by atoms with Crippen molar-refractivity contribution in [2.24, 2.45) is 0 Å². The summed E-state index contributed by atoms with van der Waals surface area (Å²) in [4.78, 5) is 23.1. The van der Waals surface area contributed by atoms with Crippen molar-refractivity contribution in [1.82, 2.24) is 5.32 Å². The topological polar surface area (TPSA) is 102 Å². The molecule has 24 heavy (non-hydrogen) atoms. The van der Waals surface area contributed by atoms with Gasteiger partial charge in [0.2, 0.25) is 0 Å². The normalized spacial score (nSPS) is 9.79. The van der Waals surface area contributed by atoms with E-state index in [9.17, 15) is 9.59 Å². The molecule has 2 aromatic rings. The van der Waals surface area contributed by atoms with E-state index in [4.69, 9.17) is 19.2 Å². The molecule has 0 unspecified atom stereocenters. The fraction of sp³-hybridized carbons (Fsp3) is 0.235. The van der Waals surface area contributed by atoms with Crippen LogP contribution >= 0.6 is 0 Å². The fourth-order valence-electron chi connectivity index (χ4n) is 1.79. The summed E-state index contributed by atoms with van der Waals surface area (Å²) in [6, 6.07) is 11.8. The standard InChI is InChI=1S/C17H16N2O5/c18-12-13-3-5-14(6-4-13)22-10-11-24-16(20)7-8-19-17(21)15-2-1-9-23-15/h1-6,9H,7-8,10-11H2,(H,19,21). The van der Waals surface area contributed by atoms with Gasteiger partial charge in [-0.3, -0.25) is 9.59 Å². The van der Waals surface area contributed by atoms with Gasteiger partial charge in [-0.2, -0.15) is 5.26 Å². The molecule has 0 bridgehead atoms. The summed E-state index contributed by atoms with van der Waals surface area (Å²) >= 11 is 0. The van der Waals surface area contributed by atoms with Crippen molar-refractivity contribution in [3.8, 4) is 11.8 Å². The van der Waals surface area contributed by atoms with Crippen LogP contribution in [0.1, 0.15) is 22.5 Å². The molecule has 7 heteroatoms. The van der Waals surface area contributed by atoms with Crippen LogP contribution in [-0.2, 0) is 9.53 Å². The lowest BCUT2D eigenvalue weighted by molar-refractivity contribution is -0.144. The van der Waals surface area contributed by atoms with E-state index in [1.165, 1.54) is 12.3 Å². The maximum absolute atomic E-state index is 11.6. The first-order chi connectivity index (χ1) is 11.7. The molecule has 1 aromatic carbocycles. The zero-order valence-corrected chi connectivity index (χ0v) is 12.9. The maximum atomic E-state index is 11.6. The van der Waals surface area contributed by atoms with Gasteiger partial charge in [0, 0.05) is 6.54 Å². The highest BCUT2D eigenvalue weighted by Crippen LogP contribution is 2.11. The number of nitrogens with one attached hydrogen (secondary N) is 1. The Labute approximate surface area is 138 Å². The first kappa shape index (κ1) is 17.1. The lowest BCUT2D eigenvalue weighted by atomic mass is 10.2. The number of nitriles is 1. The second kappa shape index (κ2) is 9.00. The van der Waals surface area contributed by atoms with E-state index in [0.29, 0.717) is 11.3 Å². The van der Waals surface area contributed by atoms with Crippen molar-refractivity contribution in [3.63, 3.8) is 0 Å². The molecular formula is C17H16N2O5. The van der Waals surface area contributed by atoms with Crippen LogP contribution in [0.3, 0.4) is 0 Å². The summed E-state index contributed by atoms with van der Waals surface area (Å²) in [7, 11) is 0. The number of esters is 1. The van der Waals surface area contributed by atoms with Gasteiger partial charge in [-0.15, -0.1) is 0 Å². The quantitative estimate of drug-likeness (QED) is 0.586. The van der Waals surface area contributed by atoms with Crippen molar-refractivity contribution in [3.05, 3.63) is 54.0 Å². The molecule has 0 aliphatic heterocycles. The van der Waals surface area contributed by atoms with Crippen molar-refractivity contribution < 1.29 is 23.5 Å². The number of carbonyl (C=O) groups excluding carboxylic acids is 2. The summed E-state index contributed by atoms with van der Waals surface area (Å²) in [5.41, 5.74) is 0.547. The molecule has 1 N–H and O–H groups in total. The minimum absolute atomic E-state index is 0.0588. The molecule has 0 aliphatic rings. The maximum Gasteiger partial charge on any atom is 0.307 e. The zero-order chi connectivity index (χ0) is 17.2. The number of furan rings is 1. The minimum Gasteiger partial charge on any atom is -0.490 e. The lowest BCUT2D eigenvalue weighted by Gasteiger charge is -2.07. The third-order valence-electron chi connectivity index (χ3n) is 2.96. The minimum atomic E-state index is -0.432. The molecule has 0 fully saturated rings. The molecule has 2 rings (SSSR count). The highest BCUT2D eigenvalue weighted by molar-refractivity contribution is 5.91. The molecule has 124 valence electrons. The van der Waals surface area contributed by atoms with E-state index < -0.39 is 5.97 Å². The first-order valence-corrected chi connectivity index (χ1v) is 7.29. The Hall–Kier alpha value is -3.27. The second-order valence-electron chi connectivity index (χ2n) is 4.69. The van der Waals surface area contributed by atoms with Gasteiger partial charge in [0.05, 0.1) is 24.3 Å². The van der Waals surface area contributed by atoms with Crippen molar-refractivity contribution >= 4 is 11.9 Å². The van der Waals surface area contributed by atoms with Gasteiger partial charge in [-0.1, -0.05) is 0 Å². The highest BCUT2D eigenvalue weighted by atomic mass is 16.6. The van der Waals surface area contributed by atoms with Gasteiger partial charge in [0.1, 0.15) is 19.0 Å². The molecule has 0 atom stereocenters. The van der Waals surface area contributed by atoms with E-state index in [1.54, 1.807) is 30.3 Å². The Kier molecular flexibility index (Phi) is 6.41. The summed E-state index contributed by atoms with van der Waals surface area (Å²) in [5.74, 6) is -0.0231. The number of carbonyl (C=O) groups is 2. The van der Waals surface area contributed by atoms with Gasteiger partial charge in [0.25, 0.3) is 5.91 Å². The predicted molar refractivity (Wildman–Crippen MR) is 83.3 cm³/mol. The molecule has 7 nitrogen and oxygen atoms in total. The number of nitrogens with zero attached hydrogens (tertiary/aromatic N) is 1. The van der Waals surface area contributed by atoms with Gasteiger partial charge in [-0.05, 0) is 36.4 Å². The van der Waals surface area contributed by atoms with Crippen LogP contribution in [0.4, 0.5) is 0 Å². The van der Waals surface area contributed by atoms with Crippen LogP contribution in [0.15, 0.2) is 47.1 Å². The van der Waals surface area contributed by atoms with E-state index in [-0.39, 0.29) is 37.8 Å². The van der Waals surface area contributed by atoms with Crippen LogP contribution in [0.2, 0.25) is 0 Å². The number of benzene rings is 1. The molecule has 0 saturated carbocycles.